The average molecular weight is 409 g/mol. The third-order valence-electron chi connectivity index (χ3n) is 6.54. The Morgan fingerprint density at radius 2 is 1.62 bits per heavy atom. The Morgan fingerprint density at radius 1 is 0.966 bits per heavy atom. The third-order valence-corrected chi connectivity index (χ3v) is 6.79. The predicted molar refractivity (Wildman–Crippen MR) is 110 cm³/mol. The van der Waals surface area contributed by atoms with Crippen molar-refractivity contribution >= 4 is 34.9 Å². The normalized spacial score (nSPS) is 28.7. The van der Waals surface area contributed by atoms with E-state index in [0.717, 1.165) is 24.9 Å². The predicted octanol–water partition coefficient (Wildman–Crippen LogP) is 3.48. The maximum atomic E-state index is 13.4. The maximum absolute atomic E-state index is 13.4. The van der Waals surface area contributed by atoms with Gasteiger partial charge in [-0.2, -0.15) is 0 Å². The summed E-state index contributed by atoms with van der Waals surface area (Å²) in [5, 5.41) is 0.558. The SMILES string of the molecule is Cc1ccc(N2C(=O)[C@@H]3[C@@H](C2=O)[C@@H]2CCCN2[C@@H]3C(=O)c2ccc(Cl)cc2)cc1. The molecule has 0 spiro atoms. The van der Waals surface area contributed by atoms with Crippen molar-refractivity contribution in [3.05, 3.63) is 64.7 Å². The Kier molecular flexibility index (Phi) is 4.33. The van der Waals surface area contributed by atoms with E-state index in [1.807, 2.05) is 19.1 Å². The van der Waals surface area contributed by atoms with Crippen LogP contribution < -0.4 is 4.90 Å². The van der Waals surface area contributed by atoms with Gasteiger partial charge in [-0.25, -0.2) is 4.90 Å². The number of halogens is 1. The summed E-state index contributed by atoms with van der Waals surface area (Å²) >= 11 is 5.97. The number of carbonyl (C=O) groups is 3. The van der Waals surface area contributed by atoms with E-state index < -0.39 is 17.9 Å². The summed E-state index contributed by atoms with van der Waals surface area (Å²) in [4.78, 5) is 43.6. The fourth-order valence-electron chi connectivity index (χ4n) is 5.25. The van der Waals surface area contributed by atoms with Crippen LogP contribution >= 0.6 is 11.6 Å². The van der Waals surface area contributed by atoms with Crippen LogP contribution in [0.3, 0.4) is 0 Å². The number of amides is 2. The van der Waals surface area contributed by atoms with Gasteiger partial charge in [-0.3, -0.25) is 19.3 Å². The van der Waals surface area contributed by atoms with Crippen LogP contribution in [0.15, 0.2) is 48.5 Å². The van der Waals surface area contributed by atoms with Gasteiger partial charge in [0.25, 0.3) is 0 Å². The molecule has 2 aromatic rings. The van der Waals surface area contributed by atoms with Crippen molar-refractivity contribution in [3.63, 3.8) is 0 Å². The second-order valence-corrected chi connectivity index (χ2v) is 8.60. The molecule has 6 heteroatoms. The molecular weight excluding hydrogens is 388 g/mol. The van der Waals surface area contributed by atoms with Gasteiger partial charge in [-0.05, 0) is 62.7 Å². The molecule has 0 bridgehead atoms. The molecule has 5 nitrogen and oxygen atoms in total. The standard InChI is InChI=1S/C23H21ClN2O3/c1-13-4-10-16(11-5-13)26-22(28)18-17-3-2-12-25(17)20(19(18)23(26)29)21(27)14-6-8-15(24)9-7-14/h4-11,17-20H,2-3,12H2,1H3/t17-,18-,19+,20-/m0/s1. The summed E-state index contributed by atoms with van der Waals surface area (Å²) in [5.41, 5.74) is 2.17. The fraction of sp³-hybridized carbons (Fsp3) is 0.348. The topological polar surface area (TPSA) is 57.7 Å². The highest BCUT2D eigenvalue weighted by atomic mass is 35.5. The van der Waals surface area contributed by atoms with E-state index in [1.54, 1.807) is 36.4 Å². The molecule has 0 N–H and O–H groups in total. The molecule has 3 heterocycles. The van der Waals surface area contributed by atoms with Crippen LogP contribution in [-0.2, 0) is 9.59 Å². The summed E-state index contributed by atoms with van der Waals surface area (Å²) < 4.78 is 0. The first kappa shape index (κ1) is 18.5. The number of nitrogens with zero attached hydrogens (tertiary/aromatic N) is 2. The number of hydrogen-bond acceptors (Lipinski definition) is 4. The fourth-order valence-corrected chi connectivity index (χ4v) is 5.37. The second kappa shape index (κ2) is 6.78. The molecule has 3 fully saturated rings. The zero-order valence-corrected chi connectivity index (χ0v) is 16.8. The Labute approximate surface area is 174 Å². The van der Waals surface area contributed by atoms with Crippen molar-refractivity contribution in [2.24, 2.45) is 11.8 Å². The molecule has 4 atom stereocenters. The van der Waals surface area contributed by atoms with Gasteiger partial charge in [-0.15, -0.1) is 0 Å². The van der Waals surface area contributed by atoms with Crippen molar-refractivity contribution in [3.8, 4) is 0 Å². The number of rotatable bonds is 3. The molecule has 148 valence electrons. The molecule has 0 unspecified atom stereocenters. The maximum Gasteiger partial charge on any atom is 0.239 e. The van der Waals surface area contributed by atoms with E-state index in [9.17, 15) is 14.4 Å². The number of ketones is 1. The molecule has 29 heavy (non-hydrogen) atoms. The lowest BCUT2D eigenvalue weighted by Gasteiger charge is -2.27. The summed E-state index contributed by atoms with van der Waals surface area (Å²) in [5.74, 6) is -1.62. The summed E-state index contributed by atoms with van der Waals surface area (Å²) in [6.07, 6.45) is 1.77. The van der Waals surface area contributed by atoms with Crippen LogP contribution in [0.2, 0.25) is 5.02 Å². The largest absolute Gasteiger partial charge is 0.292 e. The van der Waals surface area contributed by atoms with Crippen molar-refractivity contribution in [1.82, 2.24) is 4.90 Å². The molecule has 3 aliphatic heterocycles. The van der Waals surface area contributed by atoms with Crippen molar-refractivity contribution < 1.29 is 14.4 Å². The lowest BCUT2D eigenvalue weighted by Crippen LogP contribution is -2.46. The number of aryl methyl sites for hydroxylation is 1. The molecule has 0 aromatic heterocycles. The Morgan fingerprint density at radius 3 is 2.31 bits per heavy atom. The minimum absolute atomic E-state index is 0.0480. The molecule has 5 rings (SSSR count). The molecule has 0 radical (unpaired) electrons. The highest BCUT2D eigenvalue weighted by Crippen LogP contribution is 2.48. The highest BCUT2D eigenvalue weighted by molar-refractivity contribution is 6.30. The van der Waals surface area contributed by atoms with E-state index in [0.29, 0.717) is 16.3 Å². The zero-order chi connectivity index (χ0) is 20.3. The van der Waals surface area contributed by atoms with Gasteiger partial charge >= 0.3 is 0 Å². The Bertz CT molecular complexity index is 1000. The van der Waals surface area contributed by atoms with Crippen LogP contribution in [0.1, 0.15) is 28.8 Å². The molecular formula is C23H21ClN2O3. The lowest BCUT2D eigenvalue weighted by molar-refractivity contribution is -0.123. The Balaban J connectivity index is 1.54. The van der Waals surface area contributed by atoms with E-state index in [-0.39, 0.29) is 23.6 Å². The van der Waals surface area contributed by atoms with Crippen molar-refractivity contribution in [1.29, 1.82) is 0 Å². The lowest BCUT2D eigenvalue weighted by atomic mass is 9.85. The second-order valence-electron chi connectivity index (χ2n) is 8.16. The summed E-state index contributed by atoms with van der Waals surface area (Å²) in [6.45, 7) is 2.70. The van der Waals surface area contributed by atoms with Gasteiger partial charge in [0.2, 0.25) is 11.8 Å². The van der Waals surface area contributed by atoms with Gasteiger partial charge < -0.3 is 0 Å². The number of hydrogen-bond donors (Lipinski definition) is 0. The minimum atomic E-state index is -0.628. The Hall–Kier alpha value is -2.50. The molecule has 3 saturated heterocycles. The molecule has 3 aliphatic rings. The number of carbonyl (C=O) groups excluding carboxylic acids is 3. The van der Waals surface area contributed by atoms with E-state index in [2.05, 4.69) is 4.90 Å². The number of imide groups is 1. The number of benzene rings is 2. The summed E-state index contributed by atoms with van der Waals surface area (Å²) in [7, 11) is 0. The van der Waals surface area contributed by atoms with Crippen LogP contribution in [0.4, 0.5) is 5.69 Å². The van der Waals surface area contributed by atoms with Crippen molar-refractivity contribution in [2.75, 3.05) is 11.4 Å². The molecule has 2 amide bonds. The molecule has 2 aromatic carbocycles. The van der Waals surface area contributed by atoms with Crippen LogP contribution in [-0.4, -0.2) is 41.1 Å². The van der Waals surface area contributed by atoms with Crippen LogP contribution in [0, 0.1) is 18.8 Å². The summed E-state index contributed by atoms with van der Waals surface area (Å²) in [6, 6.07) is 13.5. The number of anilines is 1. The van der Waals surface area contributed by atoms with Gasteiger partial charge in [0.1, 0.15) is 0 Å². The third kappa shape index (κ3) is 2.75. The van der Waals surface area contributed by atoms with Gasteiger partial charge in [0, 0.05) is 16.6 Å². The average Bonchev–Trinajstić information content (AvgIpc) is 3.35. The van der Waals surface area contributed by atoms with E-state index in [4.69, 9.17) is 11.6 Å². The first-order valence-corrected chi connectivity index (χ1v) is 10.3. The van der Waals surface area contributed by atoms with Crippen LogP contribution in [0.5, 0.6) is 0 Å². The smallest absolute Gasteiger partial charge is 0.239 e. The first-order valence-electron chi connectivity index (χ1n) is 9.97. The number of Topliss-reactive ketones (excluding diaryl/α,β-unsaturated/α-hetero) is 1. The van der Waals surface area contributed by atoms with Crippen LogP contribution in [0.25, 0.3) is 0 Å². The van der Waals surface area contributed by atoms with E-state index in [1.165, 1.54) is 4.90 Å². The van der Waals surface area contributed by atoms with Crippen molar-refractivity contribution in [2.45, 2.75) is 31.8 Å². The van der Waals surface area contributed by atoms with Gasteiger partial charge in [-0.1, -0.05) is 29.3 Å². The first-order chi connectivity index (χ1) is 14.0. The van der Waals surface area contributed by atoms with Gasteiger partial charge in [0.15, 0.2) is 5.78 Å². The molecule has 0 saturated carbocycles. The van der Waals surface area contributed by atoms with Gasteiger partial charge in [0.05, 0.1) is 23.6 Å². The van der Waals surface area contributed by atoms with E-state index >= 15 is 0 Å². The molecule has 0 aliphatic carbocycles. The number of fused-ring (bicyclic) bond motifs is 3. The highest BCUT2D eigenvalue weighted by Gasteiger charge is 2.64. The zero-order valence-electron chi connectivity index (χ0n) is 16.0. The monoisotopic (exact) mass is 408 g/mol. The minimum Gasteiger partial charge on any atom is -0.292 e. The quantitative estimate of drug-likeness (QED) is 0.576.